The highest BCUT2D eigenvalue weighted by Gasteiger charge is 2.03. The minimum atomic E-state index is 0.841. The van der Waals surface area contributed by atoms with Crippen LogP contribution in [-0.4, -0.2) is 21.9 Å². The van der Waals surface area contributed by atoms with Crippen molar-refractivity contribution in [1.29, 1.82) is 0 Å². The van der Waals surface area contributed by atoms with Crippen molar-refractivity contribution in [2.75, 3.05) is 6.54 Å². The van der Waals surface area contributed by atoms with Gasteiger partial charge < -0.3 is 0 Å². The van der Waals surface area contributed by atoms with Crippen molar-refractivity contribution < 1.29 is 5.21 Å². The van der Waals surface area contributed by atoms with Crippen LogP contribution in [-0.2, 0) is 0 Å². The lowest BCUT2D eigenvalue weighted by atomic mass is 10.7. The Hall–Kier alpha value is -0.740. The summed E-state index contributed by atoms with van der Waals surface area (Å²) in [6.07, 6.45) is 3.28. The van der Waals surface area contributed by atoms with E-state index in [9.17, 15) is 0 Å². The number of hydrogen-bond acceptors (Lipinski definition) is 4. The van der Waals surface area contributed by atoms with Gasteiger partial charge in [-0.15, -0.1) is 5.53 Å². The normalized spacial score (nSPS) is 18.2. The zero-order valence-electron chi connectivity index (χ0n) is 4.70. The summed E-state index contributed by atoms with van der Waals surface area (Å²) in [5, 5.41) is 11.3. The fraction of sp³-hybridized carbons (Fsp3) is 0.500. The van der Waals surface area contributed by atoms with Crippen molar-refractivity contribution in [3.05, 3.63) is 12.4 Å². The summed E-state index contributed by atoms with van der Waals surface area (Å²) in [6.45, 7) is 2.82. The molecular weight excluding hydrogens is 106 g/mol. The number of hydroxylamine groups is 1. The summed E-state index contributed by atoms with van der Waals surface area (Å²) in [4.78, 5) is 0. The molecule has 46 valence electrons. The predicted octanol–water partition coefficient (Wildman–Crippen LogP) is -0.0961. The van der Waals surface area contributed by atoms with Gasteiger partial charge in [-0.1, -0.05) is 0 Å². The van der Waals surface area contributed by atoms with E-state index in [4.69, 9.17) is 5.21 Å². The average molecular weight is 115 g/mol. The minimum Gasteiger partial charge on any atom is -0.295 e. The van der Waals surface area contributed by atoms with Crippen molar-refractivity contribution in [3.63, 3.8) is 0 Å². The Morgan fingerprint density at radius 2 is 2.38 bits per heavy atom. The standard InChI is InChI=1S/C4H9N3O/c1-2-6-3-4-7(8)5-6/h3-5,8H,2H2,1H3. The Kier molecular flexibility index (Phi) is 1.36. The van der Waals surface area contributed by atoms with Crippen molar-refractivity contribution in [3.8, 4) is 0 Å². The molecule has 0 aromatic rings. The van der Waals surface area contributed by atoms with E-state index >= 15 is 0 Å². The van der Waals surface area contributed by atoms with Gasteiger partial charge in [0.1, 0.15) is 0 Å². The summed E-state index contributed by atoms with van der Waals surface area (Å²) in [7, 11) is 0. The third-order valence-electron chi connectivity index (χ3n) is 0.959. The molecule has 0 spiro atoms. The minimum absolute atomic E-state index is 0.841. The van der Waals surface area contributed by atoms with Gasteiger partial charge in [-0.2, -0.15) is 5.17 Å². The molecule has 1 aliphatic heterocycles. The van der Waals surface area contributed by atoms with E-state index in [1.807, 2.05) is 6.92 Å². The van der Waals surface area contributed by atoms with E-state index in [-0.39, 0.29) is 0 Å². The molecule has 1 rings (SSSR count). The first-order valence-electron chi connectivity index (χ1n) is 2.52. The smallest absolute Gasteiger partial charge is 0.0652 e. The first-order chi connectivity index (χ1) is 3.83. The number of nitrogens with zero attached hydrogens (tertiary/aromatic N) is 2. The zero-order valence-corrected chi connectivity index (χ0v) is 4.70. The summed E-state index contributed by atoms with van der Waals surface area (Å²) in [6, 6.07) is 0. The lowest BCUT2D eigenvalue weighted by Gasteiger charge is -2.14. The molecule has 4 heteroatoms. The largest absolute Gasteiger partial charge is 0.295 e. The van der Waals surface area contributed by atoms with Crippen LogP contribution in [0.3, 0.4) is 0 Å². The monoisotopic (exact) mass is 115 g/mol. The molecule has 0 aliphatic carbocycles. The molecule has 4 nitrogen and oxygen atoms in total. The average Bonchev–Trinajstić information content (AvgIpc) is 2.14. The van der Waals surface area contributed by atoms with Crippen molar-refractivity contribution in [2.24, 2.45) is 0 Å². The van der Waals surface area contributed by atoms with Gasteiger partial charge in [0, 0.05) is 12.7 Å². The first kappa shape index (κ1) is 5.40. The zero-order chi connectivity index (χ0) is 5.98. The molecule has 0 aromatic heterocycles. The third kappa shape index (κ3) is 0.907. The van der Waals surface area contributed by atoms with E-state index in [1.54, 1.807) is 11.2 Å². The maximum absolute atomic E-state index is 8.62. The van der Waals surface area contributed by atoms with Gasteiger partial charge >= 0.3 is 0 Å². The van der Waals surface area contributed by atoms with Gasteiger partial charge in [0.2, 0.25) is 0 Å². The van der Waals surface area contributed by atoms with Gasteiger partial charge in [0.25, 0.3) is 0 Å². The van der Waals surface area contributed by atoms with Crippen LogP contribution in [0.15, 0.2) is 12.4 Å². The molecule has 1 aliphatic rings. The third-order valence-corrected chi connectivity index (χ3v) is 0.959. The maximum Gasteiger partial charge on any atom is 0.0652 e. The molecule has 0 aromatic carbocycles. The molecule has 0 fully saturated rings. The van der Waals surface area contributed by atoms with E-state index in [2.05, 4.69) is 5.53 Å². The van der Waals surface area contributed by atoms with Gasteiger partial charge in [-0.25, -0.2) is 0 Å². The Balaban J connectivity index is 2.34. The molecule has 0 amide bonds. The van der Waals surface area contributed by atoms with Gasteiger partial charge in [-0.05, 0) is 6.92 Å². The van der Waals surface area contributed by atoms with E-state index in [1.165, 1.54) is 6.20 Å². The summed E-state index contributed by atoms with van der Waals surface area (Å²) in [5.74, 6) is 0. The number of hydrogen-bond donors (Lipinski definition) is 2. The molecule has 2 N–H and O–H groups in total. The number of hydrazine groups is 2. The van der Waals surface area contributed by atoms with Crippen LogP contribution in [0.5, 0.6) is 0 Å². The molecular formula is C4H9N3O. The quantitative estimate of drug-likeness (QED) is 0.500. The predicted molar refractivity (Wildman–Crippen MR) is 28.3 cm³/mol. The van der Waals surface area contributed by atoms with Crippen molar-refractivity contribution in [1.82, 2.24) is 15.7 Å². The van der Waals surface area contributed by atoms with Crippen molar-refractivity contribution in [2.45, 2.75) is 6.92 Å². The second kappa shape index (κ2) is 2.02. The second-order valence-electron chi connectivity index (χ2n) is 1.53. The van der Waals surface area contributed by atoms with Crippen LogP contribution in [0, 0.1) is 0 Å². The lowest BCUT2D eigenvalue weighted by molar-refractivity contribution is -0.118. The Morgan fingerprint density at radius 3 is 2.62 bits per heavy atom. The Labute approximate surface area is 47.9 Å². The van der Waals surface area contributed by atoms with E-state index in [0.29, 0.717) is 0 Å². The fourth-order valence-electron chi connectivity index (χ4n) is 0.518. The lowest BCUT2D eigenvalue weighted by Crippen LogP contribution is -2.36. The highest BCUT2D eigenvalue weighted by atomic mass is 16.6. The van der Waals surface area contributed by atoms with Crippen molar-refractivity contribution >= 4 is 0 Å². The number of rotatable bonds is 1. The van der Waals surface area contributed by atoms with E-state index < -0.39 is 0 Å². The first-order valence-corrected chi connectivity index (χ1v) is 2.52. The molecule has 0 saturated carbocycles. The molecule has 0 atom stereocenters. The van der Waals surface area contributed by atoms with Crippen LogP contribution in [0.25, 0.3) is 0 Å². The topological polar surface area (TPSA) is 38.7 Å². The molecule has 0 saturated heterocycles. The fourth-order valence-corrected chi connectivity index (χ4v) is 0.518. The van der Waals surface area contributed by atoms with Crippen LogP contribution in [0.4, 0.5) is 0 Å². The number of nitrogens with one attached hydrogen (secondary N) is 1. The molecule has 0 bridgehead atoms. The summed E-state index contributed by atoms with van der Waals surface area (Å²) >= 11 is 0. The molecule has 8 heavy (non-hydrogen) atoms. The highest BCUT2D eigenvalue weighted by molar-refractivity contribution is 4.80. The van der Waals surface area contributed by atoms with Crippen LogP contribution >= 0.6 is 0 Å². The molecule has 0 unspecified atom stereocenters. The van der Waals surface area contributed by atoms with Crippen LogP contribution in [0.1, 0.15) is 6.92 Å². The molecule has 0 radical (unpaired) electrons. The summed E-state index contributed by atoms with van der Waals surface area (Å²) < 4.78 is 0. The van der Waals surface area contributed by atoms with Gasteiger partial charge in [0.15, 0.2) is 0 Å². The molecule has 1 heterocycles. The maximum atomic E-state index is 8.62. The second-order valence-corrected chi connectivity index (χ2v) is 1.53. The highest BCUT2D eigenvalue weighted by Crippen LogP contribution is 1.93. The SMILES string of the molecule is CCN1C=CN(O)N1. The Morgan fingerprint density at radius 1 is 1.62 bits per heavy atom. The van der Waals surface area contributed by atoms with Crippen LogP contribution < -0.4 is 5.53 Å². The summed E-state index contributed by atoms with van der Waals surface area (Å²) in [5.41, 5.74) is 2.61. The van der Waals surface area contributed by atoms with E-state index in [0.717, 1.165) is 11.7 Å². The van der Waals surface area contributed by atoms with Gasteiger partial charge in [-0.3, -0.25) is 10.2 Å². The van der Waals surface area contributed by atoms with Crippen LogP contribution in [0.2, 0.25) is 0 Å². The van der Waals surface area contributed by atoms with Gasteiger partial charge in [0.05, 0.1) is 6.20 Å². The Bertz CT molecular complexity index is 103.